The summed E-state index contributed by atoms with van der Waals surface area (Å²) in [6.07, 6.45) is 0. The van der Waals surface area contributed by atoms with Gasteiger partial charge in [0.15, 0.2) is 17.4 Å². The van der Waals surface area contributed by atoms with E-state index in [-0.39, 0.29) is 12.4 Å². The second-order valence-electron chi connectivity index (χ2n) is 4.73. The number of hydrogen-bond donors (Lipinski definition) is 1. The van der Waals surface area contributed by atoms with Gasteiger partial charge in [-0.15, -0.1) is 0 Å². The second kappa shape index (κ2) is 7.13. The first kappa shape index (κ1) is 15.4. The highest BCUT2D eigenvalue weighted by atomic mass is 19.1. The van der Waals surface area contributed by atoms with Crippen molar-refractivity contribution in [1.29, 1.82) is 0 Å². The van der Waals surface area contributed by atoms with Crippen LogP contribution < -0.4 is 10.1 Å². The van der Waals surface area contributed by atoms with Crippen LogP contribution in [0.2, 0.25) is 0 Å². The van der Waals surface area contributed by atoms with Gasteiger partial charge in [-0.25, -0.2) is 8.78 Å². The van der Waals surface area contributed by atoms with E-state index in [1.54, 1.807) is 6.07 Å². The summed E-state index contributed by atoms with van der Waals surface area (Å²) in [7, 11) is 0. The van der Waals surface area contributed by atoms with Crippen molar-refractivity contribution in [1.82, 2.24) is 10.3 Å². The molecule has 5 heteroatoms. The summed E-state index contributed by atoms with van der Waals surface area (Å²) >= 11 is 0. The minimum absolute atomic E-state index is 0.0298. The maximum absolute atomic E-state index is 13.9. The fourth-order valence-electron chi connectivity index (χ4n) is 1.95. The van der Waals surface area contributed by atoms with Crippen LogP contribution in [0.3, 0.4) is 0 Å². The molecule has 2 rings (SSSR count). The van der Waals surface area contributed by atoms with Crippen molar-refractivity contribution in [2.24, 2.45) is 0 Å². The van der Waals surface area contributed by atoms with Gasteiger partial charge in [-0.05, 0) is 43.3 Å². The van der Waals surface area contributed by atoms with E-state index in [2.05, 4.69) is 10.3 Å². The number of pyridine rings is 1. The Morgan fingerprint density at radius 3 is 2.52 bits per heavy atom. The predicted molar refractivity (Wildman–Crippen MR) is 77.0 cm³/mol. The van der Waals surface area contributed by atoms with Crippen LogP contribution in [0, 0.1) is 18.6 Å². The molecule has 2 aromatic rings. The standard InChI is InChI=1S/C16H18F2N2O/c1-3-19-9-12-7-14(17)16(15(18)8-12)21-10-13-6-4-5-11(2)20-13/h4-8,19H,3,9-10H2,1-2H3. The lowest BCUT2D eigenvalue weighted by molar-refractivity contribution is 0.269. The van der Waals surface area contributed by atoms with Crippen LogP contribution in [0.4, 0.5) is 8.78 Å². The first-order valence-electron chi connectivity index (χ1n) is 6.84. The van der Waals surface area contributed by atoms with Crippen LogP contribution in [-0.2, 0) is 13.2 Å². The number of nitrogens with one attached hydrogen (secondary N) is 1. The molecule has 0 saturated heterocycles. The maximum Gasteiger partial charge on any atom is 0.191 e. The lowest BCUT2D eigenvalue weighted by Gasteiger charge is -2.10. The Bertz CT molecular complexity index is 594. The van der Waals surface area contributed by atoms with Crippen molar-refractivity contribution in [2.45, 2.75) is 27.0 Å². The van der Waals surface area contributed by atoms with Gasteiger partial charge in [0.05, 0.1) is 5.69 Å². The van der Waals surface area contributed by atoms with Gasteiger partial charge < -0.3 is 10.1 Å². The number of rotatable bonds is 6. The molecular weight excluding hydrogens is 274 g/mol. The van der Waals surface area contributed by atoms with Crippen molar-refractivity contribution >= 4 is 0 Å². The van der Waals surface area contributed by atoms with Crippen molar-refractivity contribution in [2.75, 3.05) is 6.54 Å². The molecule has 1 heterocycles. The minimum atomic E-state index is -0.699. The van der Waals surface area contributed by atoms with Crippen molar-refractivity contribution < 1.29 is 13.5 Å². The fraction of sp³-hybridized carbons (Fsp3) is 0.312. The highest BCUT2D eigenvalue weighted by molar-refractivity contribution is 5.31. The Morgan fingerprint density at radius 2 is 1.90 bits per heavy atom. The molecule has 0 amide bonds. The van der Waals surface area contributed by atoms with Gasteiger partial charge in [-0.3, -0.25) is 4.98 Å². The average molecular weight is 292 g/mol. The molecule has 1 aromatic carbocycles. The summed E-state index contributed by atoms with van der Waals surface area (Å²) in [5, 5.41) is 3.02. The summed E-state index contributed by atoms with van der Waals surface area (Å²) in [6, 6.07) is 7.99. The zero-order valence-electron chi connectivity index (χ0n) is 12.1. The number of hydrogen-bond acceptors (Lipinski definition) is 3. The number of nitrogens with zero attached hydrogens (tertiary/aromatic N) is 1. The molecule has 112 valence electrons. The van der Waals surface area contributed by atoms with Gasteiger partial charge in [0.2, 0.25) is 0 Å². The summed E-state index contributed by atoms with van der Waals surface area (Å²) < 4.78 is 33.0. The summed E-state index contributed by atoms with van der Waals surface area (Å²) in [5.74, 6) is -1.76. The SMILES string of the molecule is CCNCc1cc(F)c(OCc2cccc(C)n2)c(F)c1. The molecular formula is C16H18F2N2O. The van der Waals surface area contributed by atoms with Gasteiger partial charge in [0.25, 0.3) is 0 Å². The Balaban J connectivity index is 2.09. The molecule has 0 aliphatic carbocycles. The summed E-state index contributed by atoms with van der Waals surface area (Å²) in [4.78, 5) is 4.23. The Morgan fingerprint density at radius 1 is 1.19 bits per heavy atom. The van der Waals surface area contributed by atoms with Crippen LogP contribution in [0.25, 0.3) is 0 Å². The highest BCUT2D eigenvalue weighted by Gasteiger charge is 2.13. The topological polar surface area (TPSA) is 34.1 Å². The molecule has 0 radical (unpaired) electrons. The van der Waals surface area contributed by atoms with Crippen molar-refractivity contribution in [3.8, 4) is 5.75 Å². The van der Waals surface area contributed by atoms with Crippen LogP contribution >= 0.6 is 0 Å². The van der Waals surface area contributed by atoms with E-state index in [1.165, 1.54) is 12.1 Å². The van der Waals surface area contributed by atoms with E-state index in [9.17, 15) is 8.78 Å². The first-order chi connectivity index (χ1) is 10.1. The van der Waals surface area contributed by atoms with E-state index in [0.29, 0.717) is 17.8 Å². The molecule has 3 nitrogen and oxygen atoms in total. The van der Waals surface area contributed by atoms with E-state index in [0.717, 1.165) is 12.2 Å². The quantitative estimate of drug-likeness (QED) is 0.886. The molecule has 21 heavy (non-hydrogen) atoms. The molecule has 0 aliphatic rings. The maximum atomic E-state index is 13.9. The molecule has 1 aromatic heterocycles. The fourth-order valence-corrected chi connectivity index (χ4v) is 1.95. The van der Waals surface area contributed by atoms with E-state index >= 15 is 0 Å². The largest absolute Gasteiger partial charge is 0.481 e. The van der Waals surface area contributed by atoms with E-state index in [4.69, 9.17) is 4.74 Å². The third kappa shape index (κ3) is 4.23. The molecule has 0 fully saturated rings. The first-order valence-corrected chi connectivity index (χ1v) is 6.84. The second-order valence-corrected chi connectivity index (χ2v) is 4.73. The van der Waals surface area contributed by atoms with Crippen molar-refractivity contribution in [3.63, 3.8) is 0 Å². The third-order valence-electron chi connectivity index (χ3n) is 2.95. The Labute approximate surface area is 123 Å². The average Bonchev–Trinajstić information content (AvgIpc) is 2.44. The number of aromatic nitrogens is 1. The number of ether oxygens (including phenoxy) is 1. The van der Waals surface area contributed by atoms with Gasteiger partial charge in [0, 0.05) is 12.2 Å². The molecule has 0 bridgehead atoms. The summed E-state index contributed by atoms with van der Waals surface area (Å²) in [6.45, 7) is 4.96. The lowest BCUT2D eigenvalue weighted by Crippen LogP contribution is -2.12. The van der Waals surface area contributed by atoms with E-state index < -0.39 is 11.6 Å². The molecule has 0 saturated carbocycles. The highest BCUT2D eigenvalue weighted by Crippen LogP contribution is 2.24. The number of aryl methyl sites for hydroxylation is 1. The van der Waals surface area contributed by atoms with Crippen LogP contribution in [0.1, 0.15) is 23.9 Å². The summed E-state index contributed by atoms with van der Waals surface area (Å²) in [5.41, 5.74) is 2.01. The molecule has 0 aliphatic heterocycles. The van der Waals surface area contributed by atoms with Gasteiger partial charge >= 0.3 is 0 Å². The smallest absolute Gasteiger partial charge is 0.191 e. The Hall–Kier alpha value is -2.01. The van der Waals surface area contributed by atoms with Crippen LogP contribution in [-0.4, -0.2) is 11.5 Å². The van der Waals surface area contributed by atoms with Gasteiger partial charge in [-0.1, -0.05) is 13.0 Å². The van der Waals surface area contributed by atoms with Gasteiger partial charge in [0.1, 0.15) is 6.61 Å². The lowest BCUT2D eigenvalue weighted by atomic mass is 10.2. The monoisotopic (exact) mass is 292 g/mol. The number of halogens is 2. The molecule has 0 unspecified atom stereocenters. The zero-order chi connectivity index (χ0) is 15.2. The minimum Gasteiger partial charge on any atom is -0.481 e. The number of benzene rings is 1. The zero-order valence-corrected chi connectivity index (χ0v) is 12.1. The van der Waals surface area contributed by atoms with Crippen LogP contribution in [0.5, 0.6) is 5.75 Å². The molecule has 0 spiro atoms. The van der Waals surface area contributed by atoms with Crippen LogP contribution in [0.15, 0.2) is 30.3 Å². The third-order valence-corrected chi connectivity index (χ3v) is 2.95. The normalized spacial score (nSPS) is 10.7. The van der Waals surface area contributed by atoms with Crippen molar-refractivity contribution in [3.05, 3.63) is 58.9 Å². The molecule has 1 N–H and O–H groups in total. The molecule has 0 atom stereocenters. The van der Waals surface area contributed by atoms with E-state index in [1.807, 2.05) is 26.0 Å². The predicted octanol–water partition coefficient (Wildman–Crippen LogP) is 3.36. The Kier molecular flexibility index (Phi) is 5.22. The van der Waals surface area contributed by atoms with Gasteiger partial charge in [-0.2, -0.15) is 0 Å².